The van der Waals surface area contributed by atoms with E-state index in [-0.39, 0.29) is 5.91 Å². The van der Waals surface area contributed by atoms with Crippen molar-refractivity contribution in [1.82, 2.24) is 5.32 Å². The molecule has 0 spiro atoms. The number of hydrogen-bond donors (Lipinski definition) is 2. The number of nitrogen functional groups attached to an aromatic ring is 1. The molecular weight excluding hydrogens is 332 g/mol. The zero-order valence-corrected chi connectivity index (χ0v) is 13.3. The Kier molecular flexibility index (Phi) is 5.22. The lowest BCUT2D eigenvalue weighted by Gasteiger charge is -2.09. The number of nitrogens with two attached hydrogens (primary N) is 1. The molecule has 0 fully saturated rings. The molecular formula is C16H17BrN2O2. The van der Waals surface area contributed by atoms with E-state index >= 15 is 0 Å². The van der Waals surface area contributed by atoms with E-state index in [1.165, 1.54) is 0 Å². The number of carbonyl (C=O) groups is 1. The summed E-state index contributed by atoms with van der Waals surface area (Å²) in [5.41, 5.74) is 7.98. The summed E-state index contributed by atoms with van der Waals surface area (Å²) in [6.07, 6.45) is 0. The fourth-order valence-corrected chi connectivity index (χ4v) is 2.07. The van der Waals surface area contributed by atoms with Crippen molar-refractivity contribution in [3.63, 3.8) is 0 Å². The van der Waals surface area contributed by atoms with Crippen LogP contribution >= 0.6 is 15.9 Å². The molecule has 5 heteroatoms. The first-order valence-electron chi connectivity index (χ1n) is 6.59. The van der Waals surface area contributed by atoms with Gasteiger partial charge in [0.05, 0.1) is 6.54 Å². The first-order chi connectivity index (χ1) is 10.1. The molecule has 21 heavy (non-hydrogen) atoms. The summed E-state index contributed by atoms with van der Waals surface area (Å²) >= 11 is 3.41. The van der Waals surface area contributed by atoms with Gasteiger partial charge in [0.15, 0.2) is 0 Å². The summed E-state index contributed by atoms with van der Waals surface area (Å²) in [5.74, 6) is 0.588. The number of carbonyl (C=O) groups excluding carboxylic acids is 1. The van der Waals surface area contributed by atoms with Gasteiger partial charge < -0.3 is 15.8 Å². The van der Waals surface area contributed by atoms with Crippen LogP contribution in [0.1, 0.15) is 15.9 Å². The Morgan fingerprint density at radius 2 is 2.10 bits per heavy atom. The lowest BCUT2D eigenvalue weighted by atomic mass is 10.1. The van der Waals surface area contributed by atoms with Gasteiger partial charge in [-0.2, -0.15) is 0 Å². The fourth-order valence-electron chi connectivity index (χ4n) is 1.83. The first kappa shape index (κ1) is 15.4. The molecule has 0 bridgehead atoms. The summed E-state index contributed by atoms with van der Waals surface area (Å²) in [7, 11) is 0. The molecule has 3 N–H and O–H groups in total. The number of halogens is 1. The standard InChI is InChI=1S/C16H17BrN2O2/c1-11-9-12(5-6-15(11)17)16(20)19-7-8-21-14-4-2-3-13(18)10-14/h2-6,9-10H,7-8,18H2,1H3,(H,19,20). The number of anilines is 1. The minimum atomic E-state index is -0.109. The average Bonchev–Trinajstić information content (AvgIpc) is 2.46. The number of aryl methyl sites for hydroxylation is 1. The minimum Gasteiger partial charge on any atom is -0.492 e. The van der Waals surface area contributed by atoms with E-state index in [9.17, 15) is 4.79 Å². The zero-order chi connectivity index (χ0) is 15.2. The number of rotatable bonds is 5. The molecule has 4 nitrogen and oxygen atoms in total. The molecule has 0 unspecified atom stereocenters. The molecule has 2 aromatic carbocycles. The van der Waals surface area contributed by atoms with Crippen LogP contribution in [0.25, 0.3) is 0 Å². The number of nitrogens with one attached hydrogen (secondary N) is 1. The summed E-state index contributed by atoms with van der Waals surface area (Å²) in [4.78, 5) is 12.0. The Labute approximate surface area is 132 Å². The highest BCUT2D eigenvalue weighted by Gasteiger charge is 2.06. The molecule has 0 radical (unpaired) electrons. The number of ether oxygens (including phenoxy) is 1. The van der Waals surface area contributed by atoms with Crippen LogP contribution in [0.3, 0.4) is 0 Å². The van der Waals surface area contributed by atoms with Crippen LogP contribution in [0.15, 0.2) is 46.9 Å². The van der Waals surface area contributed by atoms with Gasteiger partial charge in [0.1, 0.15) is 12.4 Å². The van der Waals surface area contributed by atoms with Crippen LogP contribution in [-0.4, -0.2) is 19.1 Å². The Bertz CT molecular complexity index is 644. The Balaban J connectivity index is 1.80. The molecule has 0 saturated heterocycles. The van der Waals surface area contributed by atoms with Gasteiger partial charge >= 0.3 is 0 Å². The van der Waals surface area contributed by atoms with Gasteiger partial charge in [-0.15, -0.1) is 0 Å². The second kappa shape index (κ2) is 7.13. The topological polar surface area (TPSA) is 64.3 Å². The van der Waals surface area contributed by atoms with Gasteiger partial charge in [0, 0.05) is 21.8 Å². The van der Waals surface area contributed by atoms with Gasteiger partial charge in [0.2, 0.25) is 0 Å². The predicted molar refractivity (Wildman–Crippen MR) is 87.6 cm³/mol. The summed E-state index contributed by atoms with van der Waals surface area (Å²) < 4.78 is 6.50. The molecule has 0 atom stereocenters. The highest BCUT2D eigenvalue weighted by Crippen LogP contribution is 2.17. The van der Waals surface area contributed by atoms with Crippen LogP contribution in [0, 0.1) is 6.92 Å². The summed E-state index contributed by atoms with van der Waals surface area (Å²) in [6, 6.07) is 12.7. The smallest absolute Gasteiger partial charge is 0.251 e. The van der Waals surface area contributed by atoms with Gasteiger partial charge in [-0.1, -0.05) is 22.0 Å². The maximum atomic E-state index is 12.0. The quantitative estimate of drug-likeness (QED) is 0.644. The van der Waals surface area contributed by atoms with Crippen LogP contribution in [0.2, 0.25) is 0 Å². The lowest BCUT2D eigenvalue weighted by Crippen LogP contribution is -2.28. The van der Waals surface area contributed by atoms with Crippen molar-refractivity contribution in [2.45, 2.75) is 6.92 Å². The van der Waals surface area contributed by atoms with E-state index in [0.29, 0.717) is 30.2 Å². The molecule has 0 aliphatic carbocycles. The third kappa shape index (κ3) is 4.49. The number of hydrogen-bond acceptors (Lipinski definition) is 3. The zero-order valence-electron chi connectivity index (χ0n) is 11.7. The van der Waals surface area contributed by atoms with Crippen molar-refractivity contribution in [3.05, 3.63) is 58.1 Å². The molecule has 0 saturated carbocycles. The lowest BCUT2D eigenvalue weighted by molar-refractivity contribution is 0.0947. The van der Waals surface area contributed by atoms with Crippen molar-refractivity contribution in [2.75, 3.05) is 18.9 Å². The Hall–Kier alpha value is -2.01. The summed E-state index contributed by atoms with van der Waals surface area (Å²) in [6.45, 7) is 2.78. The molecule has 0 aliphatic rings. The average molecular weight is 349 g/mol. The second-order valence-corrected chi connectivity index (χ2v) is 5.50. The van der Waals surface area contributed by atoms with E-state index in [2.05, 4.69) is 21.2 Å². The Morgan fingerprint density at radius 3 is 2.81 bits per heavy atom. The molecule has 2 aromatic rings. The molecule has 2 rings (SSSR count). The van der Waals surface area contributed by atoms with Crippen molar-refractivity contribution in [3.8, 4) is 5.75 Å². The van der Waals surface area contributed by atoms with Gasteiger partial charge in [-0.3, -0.25) is 4.79 Å². The molecule has 0 aromatic heterocycles. The summed E-state index contributed by atoms with van der Waals surface area (Å²) in [5, 5.41) is 2.82. The Morgan fingerprint density at radius 1 is 1.29 bits per heavy atom. The SMILES string of the molecule is Cc1cc(C(=O)NCCOc2cccc(N)c2)ccc1Br. The van der Waals surface area contributed by atoms with Crippen LogP contribution in [0.5, 0.6) is 5.75 Å². The monoisotopic (exact) mass is 348 g/mol. The van der Waals surface area contributed by atoms with Crippen LogP contribution in [0.4, 0.5) is 5.69 Å². The maximum Gasteiger partial charge on any atom is 0.251 e. The minimum absolute atomic E-state index is 0.109. The van der Waals surface area contributed by atoms with Crippen LogP contribution < -0.4 is 15.8 Å². The van der Waals surface area contributed by atoms with Crippen molar-refractivity contribution >= 4 is 27.5 Å². The third-order valence-corrected chi connectivity index (χ3v) is 3.82. The van der Waals surface area contributed by atoms with E-state index in [0.717, 1.165) is 10.0 Å². The first-order valence-corrected chi connectivity index (χ1v) is 7.38. The van der Waals surface area contributed by atoms with E-state index in [1.807, 2.05) is 31.2 Å². The van der Waals surface area contributed by atoms with Crippen molar-refractivity contribution in [1.29, 1.82) is 0 Å². The molecule has 0 aliphatic heterocycles. The van der Waals surface area contributed by atoms with Crippen molar-refractivity contribution < 1.29 is 9.53 Å². The maximum absolute atomic E-state index is 12.0. The normalized spacial score (nSPS) is 10.2. The fraction of sp³-hybridized carbons (Fsp3) is 0.188. The third-order valence-electron chi connectivity index (χ3n) is 2.93. The van der Waals surface area contributed by atoms with Gasteiger partial charge in [-0.25, -0.2) is 0 Å². The second-order valence-electron chi connectivity index (χ2n) is 4.64. The van der Waals surface area contributed by atoms with E-state index < -0.39 is 0 Å². The van der Waals surface area contributed by atoms with E-state index in [4.69, 9.17) is 10.5 Å². The molecule has 0 heterocycles. The van der Waals surface area contributed by atoms with Gasteiger partial charge in [-0.05, 0) is 42.8 Å². The van der Waals surface area contributed by atoms with E-state index in [1.54, 1.807) is 18.2 Å². The van der Waals surface area contributed by atoms with Crippen molar-refractivity contribution in [2.24, 2.45) is 0 Å². The number of benzene rings is 2. The molecule has 1 amide bonds. The van der Waals surface area contributed by atoms with Gasteiger partial charge in [0.25, 0.3) is 5.91 Å². The van der Waals surface area contributed by atoms with Crippen LogP contribution in [-0.2, 0) is 0 Å². The molecule has 110 valence electrons. The largest absolute Gasteiger partial charge is 0.492 e. The highest BCUT2D eigenvalue weighted by molar-refractivity contribution is 9.10. The number of amides is 1. The predicted octanol–water partition coefficient (Wildman–Crippen LogP) is 3.15. The highest BCUT2D eigenvalue weighted by atomic mass is 79.9.